The van der Waals surface area contributed by atoms with Gasteiger partial charge in [0.25, 0.3) is 5.91 Å². The molecule has 0 aliphatic carbocycles. The summed E-state index contributed by atoms with van der Waals surface area (Å²) in [5, 5.41) is 8.46. The van der Waals surface area contributed by atoms with Crippen LogP contribution in [0.25, 0.3) is 11.1 Å². The summed E-state index contributed by atoms with van der Waals surface area (Å²) < 4.78 is 0. The fourth-order valence-corrected chi connectivity index (χ4v) is 3.37. The zero-order chi connectivity index (χ0) is 13.8. The molecule has 3 nitrogen and oxygen atoms in total. The smallest absolute Gasteiger partial charge is 0.262 e. The predicted octanol–water partition coefficient (Wildman–Crippen LogP) is 2.90. The molecule has 1 amide bonds. The maximum Gasteiger partial charge on any atom is 0.262 e. The fraction of sp³-hybridized carbons (Fsp3) is 0.312. The lowest BCUT2D eigenvalue weighted by Gasteiger charge is -2.23. The van der Waals surface area contributed by atoms with Gasteiger partial charge in [-0.2, -0.15) is 0 Å². The van der Waals surface area contributed by atoms with Crippen LogP contribution >= 0.6 is 11.3 Å². The number of hydrogen-bond acceptors (Lipinski definition) is 3. The minimum absolute atomic E-state index is 0.0609. The van der Waals surface area contributed by atoms with E-state index in [1.807, 2.05) is 41.8 Å². The zero-order valence-corrected chi connectivity index (χ0v) is 12.1. The fourth-order valence-electron chi connectivity index (χ4n) is 2.55. The molecule has 104 valence electrons. The van der Waals surface area contributed by atoms with E-state index in [1.54, 1.807) is 0 Å². The van der Waals surface area contributed by atoms with Crippen molar-refractivity contribution in [2.75, 3.05) is 13.1 Å². The Hall–Kier alpha value is -1.65. The summed E-state index contributed by atoms with van der Waals surface area (Å²) in [5.74, 6) is 0.0609. The second-order valence-corrected chi connectivity index (χ2v) is 5.94. The molecule has 0 spiro atoms. The Kier molecular flexibility index (Phi) is 4.14. The van der Waals surface area contributed by atoms with E-state index in [4.69, 9.17) is 0 Å². The molecule has 0 saturated carbocycles. The van der Waals surface area contributed by atoms with Crippen molar-refractivity contribution in [2.45, 2.75) is 18.9 Å². The van der Waals surface area contributed by atoms with Crippen molar-refractivity contribution < 1.29 is 4.79 Å². The van der Waals surface area contributed by atoms with Crippen LogP contribution in [0.1, 0.15) is 22.5 Å². The summed E-state index contributed by atoms with van der Waals surface area (Å²) in [6.07, 6.45) is 2.02. The van der Waals surface area contributed by atoms with Gasteiger partial charge in [-0.3, -0.25) is 4.79 Å². The minimum atomic E-state index is 0.0609. The van der Waals surface area contributed by atoms with Crippen molar-refractivity contribution in [1.29, 1.82) is 0 Å². The number of piperidine rings is 1. The number of nitrogens with one attached hydrogen (secondary N) is 2. The molecular formula is C16H18N2OS. The summed E-state index contributed by atoms with van der Waals surface area (Å²) in [6, 6.07) is 12.4. The lowest BCUT2D eigenvalue weighted by atomic mass is 10.0. The van der Waals surface area contributed by atoms with Gasteiger partial charge < -0.3 is 10.6 Å². The van der Waals surface area contributed by atoms with Gasteiger partial charge in [0.15, 0.2) is 0 Å². The minimum Gasteiger partial charge on any atom is -0.348 e. The predicted molar refractivity (Wildman–Crippen MR) is 83.1 cm³/mol. The van der Waals surface area contributed by atoms with Crippen LogP contribution in [0.3, 0.4) is 0 Å². The van der Waals surface area contributed by atoms with Crippen LogP contribution in [0.2, 0.25) is 0 Å². The van der Waals surface area contributed by atoms with E-state index in [2.05, 4.69) is 10.6 Å². The molecule has 1 saturated heterocycles. The van der Waals surface area contributed by atoms with Crippen molar-refractivity contribution in [1.82, 2.24) is 10.6 Å². The van der Waals surface area contributed by atoms with Gasteiger partial charge in [0.05, 0.1) is 4.88 Å². The number of hydrogen-bond donors (Lipinski definition) is 2. The molecule has 0 radical (unpaired) electrons. The molecule has 0 unspecified atom stereocenters. The molecule has 3 rings (SSSR count). The average Bonchev–Trinajstić information content (AvgIpc) is 2.99. The van der Waals surface area contributed by atoms with Crippen LogP contribution in [-0.2, 0) is 0 Å². The maximum absolute atomic E-state index is 12.4. The third kappa shape index (κ3) is 2.92. The van der Waals surface area contributed by atoms with Gasteiger partial charge in [-0.05, 0) is 42.9 Å². The SMILES string of the molecule is O=C(NC1CCNCC1)c1sccc1-c1ccccc1. The third-order valence-corrected chi connectivity index (χ3v) is 4.54. The van der Waals surface area contributed by atoms with Crippen molar-refractivity contribution in [3.63, 3.8) is 0 Å². The van der Waals surface area contributed by atoms with Gasteiger partial charge in [-0.15, -0.1) is 11.3 Å². The molecule has 20 heavy (non-hydrogen) atoms. The summed E-state index contributed by atoms with van der Waals surface area (Å²) in [4.78, 5) is 13.3. The zero-order valence-electron chi connectivity index (χ0n) is 11.3. The molecule has 2 heterocycles. The van der Waals surface area contributed by atoms with Crippen LogP contribution in [0.5, 0.6) is 0 Å². The van der Waals surface area contributed by atoms with Gasteiger partial charge in [0.2, 0.25) is 0 Å². The van der Waals surface area contributed by atoms with Crippen molar-refractivity contribution >= 4 is 17.2 Å². The lowest BCUT2D eigenvalue weighted by molar-refractivity contribution is 0.0934. The van der Waals surface area contributed by atoms with Gasteiger partial charge in [0, 0.05) is 11.6 Å². The monoisotopic (exact) mass is 286 g/mol. The molecule has 1 aliphatic rings. The standard InChI is InChI=1S/C16H18N2OS/c19-16(18-13-6-9-17-10-7-13)15-14(8-11-20-15)12-4-2-1-3-5-12/h1-5,8,11,13,17H,6-7,9-10H2,(H,18,19). The highest BCUT2D eigenvalue weighted by Gasteiger charge is 2.19. The van der Waals surface area contributed by atoms with Crippen molar-refractivity contribution in [3.8, 4) is 11.1 Å². The van der Waals surface area contributed by atoms with E-state index in [9.17, 15) is 4.79 Å². The highest BCUT2D eigenvalue weighted by Crippen LogP contribution is 2.28. The first-order chi connectivity index (χ1) is 9.84. The van der Waals surface area contributed by atoms with Crippen LogP contribution < -0.4 is 10.6 Å². The van der Waals surface area contributed by atoms with E-state index >= 15 is 0 Å². The Bertz CT molecular complexity index is 573. The second kappa shape index (κ2) is 6.20. The molecule has 4 heteroatoms. The molecule has 0 atom stereocenters. The molecule has 1 aromatic heterocycles. The molecule has 0 bridgehead atoms. The van der Waals surface area contributed by atoms with Crippen molar-refractivity contribution in [2.24, 2.45) is 0 Å². The molecule has 2 N–H and O–H groups in total. The molecule has 1 fully saturated rings. The largest absolute Gasteiger partial charge is 0.348 e. The van der Waals surface area contributed by atoms with E-state index in [1.165, 1.54) is 11.3 Å². The maximum atomic E-state index is 12.4. The third-order valence-electron chi connectivity index (χ3n) is 3.63. The Morgan fingerprint density at radius 1 is 1.15 bits per heavy atom. The number of benzene rings is 1. The Labute approximate surface area is 123 Å². The van der Waals surface area contributed by atoms with Gasteiger partial charge in [-0.25, -0.2) is 0 Å². The number of rotatable bonds is 3. The first-order valence-corrected chi connectivity index (χ1v) is 7.87. The van der Waals surface area contributed by atoms with Crippen molar-refractivity contribution in [3.05, 3.63) is 46.7 Å². The first-order valence-electron chi connectivity index (χ1n) is 6.99. The van der Waals surface area contributed by atoms with E-state index in [0.717, 1.165) is 41.9 Å². The summed E-state index contributed by atoms with van der Waals surface area (Å²) in [5.41, 5.74) is 2.13. The molecule has 1 aromatic carbocycles. The van der Waals surface area contributed by atoms with E-state index in [-0.39, 0.29) is 5.91 Å². The molecule has 1 aliphatic heterocycles. The van der Waals surface area contributed by atoms with E-state index < -0.39 is 0 Å². The Morgan fingerprint density at radius 2 is 1.90 bits per heavy atom. The van der Waals surface area contributed by atoms with Crippen LogP contribution in [0, 0.1) is 0 Å². The Morgan fingerprint density at radius 3 is 2.65 bits per heavy atom. The first kappa shape index (κ1) is 13.3. The lowest BCUT2D eigenvalue weighted by Crippen LogP contribution is -2.42. The highest BCUT2D eigenvalue weighted by atomic mass is 32.1. The Balaban J connectivity index is 1.77. The normalized spacial score (nSPS) is 16.0. The van der Waals surface area contributed by atoms with Crippen LogP contribution in [0.4, 0.5) is 0 Å². The topological polar surface area (TPSA) is 41.1 Å². The van der Waals surface area contributed by atoms with Crippen LogP contribution in [0.15, 0.2) is 41.8 Å². The number of thiophene rings is 1. The van der Waals surface area contributed by atoms with Gasteiger partial charge in [0.1, 0.15) is 0 Å². The number of carbonyl (C=O) groups excluding carboxylic acids is 1. The summed E-state index contributed by atoms with van der Waals surface area (Å²) >= 11 is 1.51. The van der Waals surface area contributed by atoms with Gasteiger partial charge >= 0.3 is 0 Å². The van der Waals surface area contributed by atoms with E-state index in [0.29, 0.717) is 6.04 Å². The number of amides is 1. The quantitative estimate of drug-likeness (QED) is 0.911. The number of carbonyl (C=O) groups is 1. The molecular weight excluding hydrogens is 268 g/mol. The van der Waals surface area contributed by atoms with Crippen LogP contribution in [-0.4, -0.2) is 25.0 Å². The van der Waals surface area contributed by atoms with Gasteiger partial charge in [-0.1, -0.05) is 30.3 Å². The summed E-state index contributed by atoms with van der Waals surface area (Å²) in [6.45, 7) is 1.97. The highest BCUT2D eigenvalue weighted by molar-refractivity contribution is 7.12. The second-order valence-electron chi connectivity index (χ2n) is 5.03. The summed E-state index contributed by atoms with van der Waals surface area (Å²) in [7, 11) is 0. The molecule has 2 aromatic rings. The average molecular weight is 286 g/mol.